The first-order valence-electron chi connectivity index (χ1n) is 6.10. The second kappa shape index (κ2) is 6.52. The minimum atomic E-state index is -0.445. The van der Waals surface area contributed by atoms with Gasteiger partial charge in [0.1, 0.15) is 5.82 Å². The first kappa shape index (κ1) is 14.5. The molecule has 0 spiro atoms. The van der Waals surface area contributed by atoms with Crippen LogP contribution in [0.2, 0.25) is 0 Å². The zero-order chi connectivity index (χ0) is 14.5. The third kappa shape index (κ3) is 4.06. The van der Waals surface area contributed by atoms with E-state index in [0.29, 0.717) is 0 Å². The van der Waals surface area contributed by atoms with E-state index in [1.807, 2.05) is 25.1 Å². The van der Waals surface area contributed by atoms with Crippen molar-refractivity contribution in [2.75, 3.05) is 17.2 Å². The van der Waals surface area contributed by atoms with Crippen LogP contribution in [0.1, 0.15) is 5.56 Å². The van der Waals surface area contributed by atoms with Gasteiger partial charge < -0.3 is 10.6 Å². The molecular weight excluding hydrogens is 323 g/mol. The molecule has 0 saturated heterocycles. The van der Waals surface area contributed by atoms with Crippen LogP contribution in [0.3, 0.4) is 0 Å². The van der Waals surface area contributed by atoms with Gasteiger partial charge in [0.2, 0.25) is 5.91 Å². The summed E-state index contributed by atoms with van der Waals surface area (Å²) in [4.78, 5) is 11.8. The predicted octanol–water partition coefficient (Wildman–Crippen LogP) is 3.95. The molecule has 20 heavy (non-hydrogen) atoms. The van der Waals surface area contributed by atoms with E-state index in [0.717, 1.165) is 15.7 Å². The van der Waals surface area contributed by atoms with E-state index in [1.165, 1.54) is 12.1 Å². The average molecular weight is 337 g/mol. The summed E-state index contributed by atoms with van der Waals surface area (Å²) in [6.07, 6.45) is 0. The van der Waals surface area contributed by atoms with E-state index in [2.05, 4.69) is 26.6 Å². The molecule has 0 aliphatic carbocycles. The molecule has 0 bridgehead atoms. The molecule has 2 rings (SSSR count). The van der Waals surface area contributed by atoms with E-state index in [4.69, 9.17) is 0 Å². The highest BCUT2D eigenvalue weighted by molar-refractivity contribution is 9.10. The summed E-state index contributed by atoms with van der Waals surface area (Å²) in [5, 5.41) is 5.52. The molecule has 0 aromatic heterocycles. The number of aryl methyl sites for hydroxylation is 1. The van der Waals surface area contributed by atoms with Crippen molar-refractivity contribution < 1.29 is 9.18 Å². The number of carbonyl (C=O) groups is 1. The number of hydrogen-bond acceptors (Lipinski definition) is 2. The average Bonchev–Trinajstić information content (AvgIpc) is 2.38. The Hall–Kier alpha value is -1.88. The Morgan fingerprint density at radius 3 is 2.70 bits per heavy atom. The van der Waals surface area contributed by atoms with Gasteiger partial charge in [0.05, 0.1) is 12.2 Å². The van der Waals surface area contributed by atoms with Gasteiger partial charge in [0.15, 0.2) is 0 Å². The van der Waals surface area contributed by atoms with Gasteiger partial charge in [-0.1, -0.05) is 28.1 Å². The summed E-state index contributed by atoms with van der Waals surface area (Å²) in [5.41, 5.74) is 2.10. The van der Waals surface area contributed by atoms with Gasteiger partial charge in [0.25, 0.3) is 0 Å². The SMILES string of the molecule is Cc1cc(Br)cc(NCC(=O)Nc2ccccc2F)c1. The van der Waals surface area contributed by atoms with Gasteiger partial charge >= 0.3 is 0 Å². The first-order valence-corrected chi connectivity index (χ1v) is 6.89. The number of carbonyl (C=O) groups excluding carboxylic acids is 1. The third-order valence-corrected chi connectivity index (χ3v) is 3.10. The first-order chi connectivity index (χ1) is 9.54. The lowest BCUT2D eigenvalue weighted by molar-refractivity contribution is -0.114. The summed E-state index contributed by atoms with van der Waals surface area (Å²) in [7, 11) is 0. The number of para-hydroxylation sites is 1. The van der Waals surface area contributed by atoms with Crippen LogP contribution < -0.4 is 10.6 Å². The smallest absolute Gasteiger partial charge is 0.243 e. The van der Waals surface area contributed by atoms with Gasteiger partial charge in [-0.05, 0) is 42.8 Å². The highest BCUT2D eigenvalue weighted by atomic mass is 79.9. The Labute approximate surface area is 125 Å². The van der Waals surface area contributed by atoms with Crippen LogP contribution in [0.4, 0.5) is 15.8 Å². The molecule has 0 atom stereocenters. The van der Waals surface area contributed by atoms with Crippen molar-refractivity contribution in [2.45, 2.75) is 6.92 Å². The molecule has 5 heteroatoms. The minimum absolute atomic E-state index is 0.0736. The normalized spacial score (nSPS) is 10.2. The molecule has 3 nitrogen and oxygen atoms in total. The highest BCUT2D eigenvalue weighted by Gasteiger charge is 2.06. The van der Waals surface area contributed by atoms with Crippen molar-refractivity contribution in [3.05, 3.63) is 58.3 Å². The van der Waals surface area contributed by atoms with Crippen LogP contribution in [-0.2, 0) is 4.79 Å². The number of amides is 1. The van der Waals surface area contributed by atoms with Crippen LogP contribution in [0.25, 0.3) is 0 Å². The Kier molecular flexibility index (Phi) is 4.74. The summed E-state index contributed by atoms with van der Waals surface area (Å²) in [6, 6.07) is 11.9. The number of nitrogens with one attached hydrogen (secondary N) is 2. The van der Waals surface area contributed by atoms with Crippen molar-refractivity contribution in [1.29, 1.82) is 0 Å². The highest BCUT2D eigenvalue weighted by Crippen LogP contribution is 2.19. The fourth-order valence-electron chi connectivity index (χ4n) is 1.78. The van der Waals surface area contributed by atoms with Crippen molar-refractivity contribution in [3.8, 4) is 0 Å². The van der Waals surface area contributed by atoms with Gasteiger partial charge in [-0.3, -0.25) is 4.79 Å². The van der Waals surface area contributed by atoms with E-state index in [9.17, 15) is 9.18 Å². The molecule has 0 saturated carbocycles. The van der Waals surface area contributed by atoms with Crippen LogP contribution in [0, 0.1) is 12.7 Å². The maximum Gasteiger partial charge on any atom is 0.243 e. The van der Waals surface area contributed by atoms with Gasteiger partial charge in [0, 0.05) is 10.2 Å². The standard InChI is InChI=1S/C15H14BrFN2O/c1-10-6-11(16)8-12(7-10)18-9-15(20)19-14-5-3-2-4-13(14)17/h2-8,18H,9H2,1H3,(H,19,20). The van der Waals surface area contributed by atoms with Crippen LogP contribution in [-0.4, -0.2) is 12.5 Å². The Balaban J connectivity index is 1.94. The lowest BCUT2D eigenvalue weighted by atomic mass is 10.2. The molecule has 0 aliphatic heterocycles. The molecule has 104 valence electrons. The number of benzene rings is 2. The van der Waals surface area contributed by atoms with Gasteiger partial charge in [-0.2, -0.15) is 0 Å². The van der Waals surface area contributed by atoms with Crippen molar-refractivity contribution in [2.24, 2.45) is 0 Å². The summed E-state index contributed by atoms with van der Waals surface area (Å²) in [6.45, 7) is 2.04. The quantitative estimate of drug-likeness (QED) is 0.887. The summed E-state index contributed by atoms with van der Waals surface area (Å²) in [5.74, 6) is -0.744. The van der Waals surface area contributed by atoms with Crippen LogP contribution in [0.15, 0.2) is 46.9 Å². The Morgan fingerprint density at radius 1 is 1.25 bits per heavy atom. The Morgan fingerprint density at radius 2 is 2.00 bits per heavy atom. The minimum Gasteiger partial charge on any atom is -0.376 e. The third-order valence-electron chi connectivity index (χ3n) is 2.64. The maximum atomic E-state index is 13.4. The largest absolute Gasteiger partial charge is 0.376 e. The second-order valence-corrected chi connectivity index (χ2v) is 5.31. The second-order valence-electron chi connectivity index (χ2n) is 4.40. The van der Waals surface area contributed by atoms with E-state index >= 15 is 0 Å². The van der Waals surface area contributed by atoms with E-state index in [1.54, 1.807) is 12.1 Å². The zero-order valence-corrected chi connectivity index (χ0v) is 12.5. The lowest BCUT2D eigenvalue weighted by Crippen LogP contribution is -2.22. The molecule has 0 heterocycles. The molecule has 2 aromatic carbocycles. The Bertz CT molecular complexity index is 611. The molecule has 0 radical (unpaired) electrons. The molecule has 0 unspecified atom stereocenters. The van der Waals surface area contributed by atoms with Gasteiger partial charge in [-0.15, -0.1) is 0 Å². The number of hydrogen-bond donors (Lipinski definition) is 2. The fourth-order valence-corrected chi connectivity index (χ4v) is 2.39. The summed E-state index contributed by atoms with van der Waals surface area (Å²) >= 11 is 3.39. The van der Waals surface area contributed by atoms with Crippen LogP contribution >= 0.6 is 15.9 Å². The number of rotatable bonds is 4. The van der Waals surface area contributed by atoms with Gasteiger partial charge in [-0.25, -0.2) is 4.39 Å². The number of anilines is 2. The number of halogens is 2. The molecule has 0 aliphatic rings. The topological polar surface area (TPSA) is 41.1 Å². The van der Waals surface area contributed by atoms with Crippen molar-refractivity contribution in [3.63, 3.8) is 0 Å². The maximum absolute atomic E-state index is 13.4. The summed E-state index contributed by atoms with van der Waals surface area (Å²) < 4.78 is 14.3. The van der Waals surface area contributed by atoms with Crippen molar-refractivity contribution >= 4 is 33.2 Å². The van der Waals surface area contributed by atoms with E-state index in [-0.39, 0.29) is 18.1 Å². The monoisotopic (exact) mass is 336 g/mol. The molecule has 2 aromatic rings. The van der Waals surface area contributed by atoms with E-state index < -0.39 is 5.82 Å². The fraction of sp³-hybridized carbons (Fsp3) is 0.133. The lowest BCUT2D eigenvalue weighted by Gasteiger charge is -2.09. The molecule has 2 N–H and O–H groups in total. The van der Waals surface area contributed by atoms with Crippen molar-refractivity contribution in [1.82, 2.24) is 0 Å². The molecule has 0 fully saturated rings. The van der Waals surface area contributed by atoms with Crippen LogP contribution in [0.5, 0.6) is 0 Å². The molecular formula is C15H14BrFN2O. The zero-order valence-electron chi connectivity index (χ0n) is 10.9. The predicted molar refractivity (Wildman–Crippen MR) is 82.4 cm³/mol. The molecule has 1 amide bonds.